The first-order chi connectivity index (χ1) is 9.08. The molecule has 3 nitrogen and oxygen atoms in total. The van der Waals surface area contributed by atoms with Crippen LogP contribution in [-0.2, 0) is 0 Å². The molecule has 2 unspecified atom stereocenters. The normalized spacial score (nSPS) is 23.6. The van der Waals surface area contributed by atoms with Gasteiger partial charge in [-0.2, -0.15) is 0 Å². The lowest BCUT2D eigenvalue weighted by Gasteiger charge is -2.17. The molecule has 19 heavy (non-hydrogen) atoms. The zero-order valence-corrected chi connectivity index (χ0v) is 12.2. The largest absolute Gasteiger partial charge is 0.328 e. The second kappa shape index (κ2) is 4.80. The highest BCUT2D eigenvalue weighted by atomic mass is 35.5. The summed E-state index contributed by atoms with van der Waals surface area (Å²) in [7, 11) is 0. The summed E-state index contributed by atoms with van der Waals surface area (Å²) in [5.41, 5.74) is 8.11. The van der Waals surface area contributed by atoms with Gasteiger partial charge in [0.25, 0.3) is 0 Å². The van der Waals surface area contributed by atoms with Crippen LogP contribution >= 0.6 is 11.6 Å². The van der Waals surface area contributed by atoms with Gasteiger partial charge in [-0.25, -0.2) is 4.98 Å². The molecule has 1 aliphatic rings. The first-order valence-corrected chi connectivity index (χ1v) is 7.37. The summed E-state index contributed by atoms with van der Waals surface area (Å²) in [5.74, 6) is 1.63. The van der Waals surface area contributed by atoms with E-state index in [2.05, 4.69) is 18.4 Å². The first kappa shape index (κ1) is 12.9. The van der Waals surface area contributed by atoms with Crippen molar-refractivity contribution in [1.82, 2.24) is 9.55 Å². The second-order valence-corrected chi connectivity index (χ2v) is 6.22. The molecule has 2 N–H and O–H groups in total. The lowest BCUT2D eigenvalue weighted by atomic mass is 10.1. The third-order valence-electron chi connectivity index (χ3n) is 4.04. The molecule has 1 aromatic heterocycles. The maximum Gasteiger partial charge on any atom is 0.113 e. The average molecular weight is 278 g/mol. The van der Waals surface area contributed by atoms with Crippen LogP contribution in [0.3, 0.4) is 0 Å². The number of nitrogens with two attached hydrogens (primary N) is 1. The van der Waals surface area contributed by atoms with Gasteiger partial charge in [0, 0.05) is 18.0 Å². The molecule has 1 aromatic carbocycles. The molecule has 0 radical (unpaired) electrons. The zero-order chi connectivity index (χ0) is 13.6. The Balaban J connectivity index is 2.18. The number of hydrogen-bond acceptors (Lipinski definition) is 2. The molecular formula is C15H20ClN3. The molecule has 0 amide bonds. The zero-order valence-electron chi connectivity index (χ0n) is 11.4. The van der Waals surface area contributed by atoms with Crippen molar-refractivity contribution < 1.29 is 0 Å². The van der Waals surface area contributed by atoms with Crippen molar-refractivity contribution >= 4 is 22.6 Å². The van der Waals surface area contributed by atoms with E-state index in [0.717, 1.165) is 41.1 Å². The smallest absolute Gasteiger partial charge is 0.113 e. The number of nitrogens with zero attached hydrogens (tertiary/aromatic N) is 2. The van der Waals surface area contributed by atoms with Crippen LogP contribution in [-0.4, -0.2) is 15.6 Å². The van der Waals surface area contributed by atoms with Crippen LogP contribution in [0.15, 0.2) is 18.2 Å². The van der Waals surface area contributed by atoms with Gasteiger partial charge in [-0.15, -0.1) is 0 Å². The Morgan fingerprint density at radius 2 is 2.16 bits per heavy atom. The Labute approximate surface area is 118 Å². The molecule has 1 fully saturated rings. The molecule has 0 bridgehead atoms. The van der Waals surface area contributed by atoms with E-state index in [-0.39, 0.29) is 0 Å². The van der Waals surface area contributed by atoms with Gasteiger partial charge in [0.05, 0.1) is 16.1 Å². The highest BCUT2D eigenvalue weighted by Gasteiger charge is 2.29. The molecule has 1 aliphatic carbocycles. The topological polar surface area (TPSA) is 43.8 Å². The number of hydrogen-bond donors (Lipinski definition) is 1. The van der Waals surface area contributed by atoms with E-state index >= 15 is 0 Å². The van der Waals surface area contributed by atoms with Gasteiger partial charge in [-0.05, 0) is 45.2 Å². The Morgan fingerprint density at radius 3 is 2.79 bits per heavy atom. The molecule has 3 rings (SSSR count). The Morgan fingerprint density at radius 1 is 1.37 bits per heavy atom. The van der Waals surface area contributed by atoms with E-state index in [1.165, 1.54) is 0 Å². The number of benzene rings is 1. The summed E-state index contributed by atoms with van der Waals surface area (Å²) in [6, 6.07) is 6.62. The summed E-state index contributed by atoms with van der Waals surface area (Å²) in [6.07, 6.45) is 3.27. The van der Waals surface area contributed by atoms with E-state index < -0.39 is 0 Å². The Hall–Kier alpha value is -1.06. The molecule has 0 spiro atoms. The minimum absolute atomic E-state index is 0.320. The van der Waals surface area contributed by atoms with Gasteiger partial charge in [0.15, 0.2) is 0 Å². The molecular weight excluding hydrogens is 258 g/mol. The maximum absolute atomic E-state index is 6.37. The summed E-state index contributed by atoms with van der Waals surface area (Å²) >= 11 is 6.37. The van der Waals surface area contributed by atoms with Crippen molar-refractivity contribution in [2.75, 3.05) is 0 Å². The van der Waals surface area contributed by atoms with Crippen molar-refractivity contribution in [3.63, 3.8) is 0 Å². The van der Waals surface area contributed by atoms with E-state index in [4.69, 9.17) is 22.3 Å². The molecule has 0 saturated heterocycles. The third kappa shape index (κ3) is 2.15. The highest BCUT2D eigenvalue weighted by Crippen LogP contribution is 2.37. The second-order valence-electron chi connectivity index (χ2n) is 5.81. The predicted octanol–water partition coefficient (Wildman–Crippen LogP) is 3.87. The fraction of sp³-hybridized carbons (Fsp3) is 0.533. The van der Waals surface area contributed by atoms with Gasteiger partial charge >= 0.3 is 0 Å². The fourth-order valence-electron chi connectivity index (χ4n) is 3.19. The molecule has 2 aromatic rings. The number of rotatable bonds is 2. The van der Waals surface area contributed by atoms with Gasteiger partial charge in [-0.1, -0.05) is 17.7 Å². The van der Waals surface area contributed by atoms with Gasteiger partial charge in [0.1, 0.15) is 5.82 Å². The lowest BCUT2D eigenvalue weighted by Crippen LogP contribution is -2.16. The number of imidazole rings is 1. The molecule has 102 valence electrons. The number of halogens is 1. The van der Waals surface area contributed by atoms with Crippen LogP contribution in [0.25, 0.3) is 11.0 Å². The van der Waals surface area contributed by atoms with Crippen LogP contribution in [0.2, 0.25) is 5.02 Å². The molecule has 1 heterocycles. The van der Waals surface area contributed by atoms with Crippen molar-refractivity contribution in [1.29, 1.82) is 0 Å². The summed E-state index contributed by atoms with van der Waals surface area (Å²) < 4.78 is 2.29. The minimum Gasteiger partial charge on any atom is -0.328 e. The lowest BCUT2D eigenvalue weighted by molar-refractivity contribution is 0.536. The summed E-state index contributed by atoms with van der Waals surface area (Å²) in [5, 5.41) is 0.784. The predicted molar refractivity (Wildman–Crippen MR) is 79.7 cm³/mol. The van der Waals surface area contributed by atoms with E-state index in [1.807, 2.05) is 18.2 Å². The van der Waals surface area contributed by atoms with E-state index in [0.29, 0.717) is 18.0 Å². The Kier molecular flexibility index (Phi) is 3.27. The number of aromatic nitrogens is 2. The molecule has 0 aliphatic heterocycles. The summed E-state index contributed by atoms with van der Waals surface area (Å²) in [4.78, 5) is 4.83. The molecule has 4 heteroatoms. The third-order valence-corrected chi connectivity index (χ3v) is 4.35. The maximum atomic E-state index is 6.37. The first-order valence-electron chi connectivity index (χ1n) is 7.00. The van der Waals surface area contributed by atoms with Crippen molar-refractivity contribution in [2.45, 2.75) is 51.1 Å². The minimum atomic E-state index is 0.320. The number of fused-ring (bicyclic) bond motifs is 1. The average Bonchev–Trinajstić information content (AvgIpc) is 2.92. The van der Waals surface area contributed by atoms with Crippen molar-refractivity contribution in [2.24, 2.45) is 5.73 Å². The van der Waals surface area contributed by atoms with E-state index in [1.54, 1.807) is 0 Å². The van der Waals surface area contributed by atoms with Crippen LogP contribution < -0.4 is 5.73 Å². The molecule has 2 atom stereocenters. The van der Waals surface area contributed by atoms with Crippen LogP contribution in [0.4, 0.5) is 0 Å². The Bertz CT molecular complexity index is 603. The van der Waals surface area contributed by atoms with Gasteiger partial charge < -0.3 is 10.3 Å². The highest BCUT2D eigenvalue weighted by molar-refractivity contribution is 6.35. The van der Waals surface area contributed by atoms with Crippen molar-refractivity contribution in [3.05, 3.63) is 29.0 Å². The van der Waals surface area contributed by atoms with Crippen molar-refractivity contribution in [3.8, 4) is 0 Å². The SMILES string of the molecule is CC(C)n1c(C2CCC(N)C2)nc2cccc(Cl)c21. The van der Waals surface area contributed by atoms with E-state index in [9.17, 15) is 0 Å². The molecule has 1 saturated carbocycles. The quantitative estimate of drug-likeness (QED) is 0.906. The van der Waals surface area contributed by atoms with Crippen LogP contribution in [0, 0.1) is 0 Å². The number of para-hydroxylation sites is 1. The van der Waals surface area contributed by atoms with Gasteiger partial charge in [-0.3, -0.25) is 0 Å². The van der Waals surface area contributed by atoms with Crippen LogP contribution in [0.1, 0.15) is 50.9 Å². The summed E-state index contributed by atoms with van der Waals surface area (Å²) in [6.45, 7) is 4.37. The fourth-order valence-corrected chi connectivity index (χ4v) is 3.45. The van der Waals surface area contributed by atoms with Crippen LogP contribution in [0.5, 0.6) is 0 Å². The van der Waals surface area contributed by atoms with Gasteiger partial charge in [0.2, 0.25) is 0 Å². The monoisotopic (exact) mass is 277 g/mol. The standard InChI is InChI=1S/C15H20ClN3/c1-9(2)19-14-12(16)4-3-5-13(14)18-15(19)10-6-7-11(17)8-10/h3-5,9-11H,6-8,17H2,1-2H3.